The van der Waals surface area contributed by atoms with Gasteiger partial charge in [0.05, 0.1) is 5.69 Å². The molecule has 0 spiro atoms. The van der Waals surface area contributed by atoms with Crippen molar-refractivity contribution in [1.82, 2.24) is 0 Å². The van der Waals surface area contributed by atoms with Crippen LogP contribution >= 0.6 is 46.4 Å². The molecule has 1 aromatic carbocycles. The van der Waals surface area contributed by atoms with Gasteiger partial charge in [-0.3, -0.25) is 9.59 Å². The van der Waals surface area contributed by atoms with Gasteiger partial charge in [0.2, 0.25) is 0 Å². The molecule has 0 aromatic heterocycles. The summed E-state index contributed by atoms with van der Waals surface area (Å²) in [6, 6.07) is 4.41. The Hall–Kier alpha value is -0.480. The van der Waals surface area contributed by atoms with E-state index in [2.05, 4.69) is 5.32 Å². The Kier molecular flexibility index (Phi) is 4.67. The van der Waals surface area contributed by atoms with Gasteiger partial charge in [0.1, 0.15) is 0 Å². The maximum Gasteiger partial charge on any atom is 0.276 e. The largest absolute Gasteiger partial charge is 0.322 e. The smallest absolute Gasteiger partial charge is 0.276 e. The van der Waals surface area contributed by atoms with E-state index in [0.29, 0.717) is 5.02 Å². The van der Waals surface area contributed by atoms with Crippen LogP contribution in [0.25, 0.3) is 0 Å². The quantitative estimate of drug-likeness (QED) is 0.665. The Morgan fingerprint density at radius 3 is 2.29 bits per heavy atom. The molecular weight excluding hydrogens is 308 g/mol. The van der Waals surface area contributed by atoms with E-state index in [1.165, 1.54) is 25.1 Å². The van der Waals surface area contributed by atoms with E-state index in [-0.39, 0.29) is 17.0 Å². The minimum absolute atomic E-state index is 0.248. The predicted octanol–water partition coefficient (Wildman–Crippen LogP) is 3.85. The second kappa shape index (κ2) is 5.44. The average Bonchev–Trinajstić information content (AvgIpc) is 2.18. The second-order valence-corrected chi connectivity index (χ2v) is 5.92. The first-order chi connectivity index (χ1) is 7.71. The number of alkyl halides is 3. The van der Waals surface area contributed by atoms with Crippen molar-refractivity contribution in [2.75, 3.05) is 5.32 Å². The monoisotopic (exact) mass is 313 g/mol. The lowest BCUT2D eigenvalue weighted by molar-refractivity contribution is -0.115. The summed E-state index contributed by atoms with van der Waals surface area (Å²) in [5, 5.41) is 2.72. The third kappa shape index (κ3) is 4.03. The number of halogens is 4. The van der Waals surface area contributed by atoms with E-state index in [9.17, 15) is 9.59 Å². The highest BCUT2D eigenvalue weighted by Gasteiger charge is 2.31. The third-order valence-corrected chi connectivity index (χ3v) is 2.62. The van der Waals surface area contributed by atoms with Crippen molar-refractivity contribution < 1.29 is 9.59 Å². The van der Waals surface area contributed by atoms with Crippen LogP contribution in [0.15, 0.2) is 18.2 Å². The second-order valence-electron chi connectivity index (χ2n) is 3.20. The standard InChI is InChI=1S/C10H7Cl4NO2/c1-5(16)7-4-6(11)2-3-8(7)15-9(17)10(12,13)14/h2-4H,1H3,(H,15,17). The van der Waals surface area contributed by atoms with Gasteiger partial charge < -0.3 is 5.32 Å². The minimum Gasteiger partial charge on any atom is -0.322 e. The van der Waals surface area contributed by atoms with E-state index >= 15 is 0 Å². The molecule has 0 atom stereocenters. The van der Waals surface area contributed by atoms with Gasteiger partial charge in [-0.25, -0.2) is 0 Å². The van der Waals surface area contributed by atoms with Gasteiger partial charge >= 0.3 is 0 Å². The lowest BCUT2D eigenvalue weighted by Gasteiger charge is -2.13. The Morgan fingerprint density at radius 1 is 1.24 bits per heavy atom. The van der Waals surface area contributed by atoms with Crippen LogP contribution in [0.4, 0.5) is 5.69 Å². The van der Waals surface area contributed by atoms with Crippen LogP contribution in [0.5, 0.6) is 0 Å². The Balaban J connectivity index is 3.07. The van der Waals surface area contributed by atoms with E-state index in [0.717, 1.165) is 0 Å². The van der Waals surface area contributed by atoms with Gasteiger partial charge in [-0.15, -0.1) is 0 Å². The summed E-state index contributed by atoms with van der Waals surface area (Å²) in [6.07, 6.45) is 0. The summed E-state index contributed by atoms with van der Waals surface area (Å²) in [5.74, 6) is -1.10. The van der Waals surface area contributed by atoms with Crippen molar-refractivity contribution in [2.24, 2.45) is 0 Å². The number of carbonyl (C=O) groups excluding carboxylic acids is 2. The molecule has 92 valence electrons. The van der Waals surface area contributed by atoms with Crippen molar-refractivity contribution in [3.8, 4) is 0 Å². The third-order valence-electron chi connectivity index (χ3n) is 1.87. The molecule has 0 aliphatic rings. The first kappa shape index (κ1) is 14.6. The van der Waals surface area contributed by atoms with Gasteiger partial charge in [-0.1, -0.05) is 46.4 Å². The first-order valence-corrected chi connectivity index (χ1v) is 5.91. The van der Waals surface area contributed by atoms with Gasteiger partial charge in [-0.05, 0) is 25.1 Å². The fraction of sp³-hybridized carbons (Fsp3) is 0.200. The molecule has 3 nitrogen and oxygen atoms in total. The summed E-state index contributed by atoms with van der Waals surface area (Å²) >= 11 is 22.0. The molecule has 0 heterocycles. The van der Waals surface area contributed by atoms with Crippen molar-refractivity contribution in [3.05, 3.63) is 28.8 Å². The summed E-state index contributed by atoms with van der Waals surface area (Å²) in [4.78, 5) is 22.8. The summed E-state index contributed by atoms with van der Waals surface area (Å²) in [5.41, 5.74) is 0.498. The number of ketones is 1. The molecule has 0 saturated heterocycles. The predicted molar refractivity (Wildman–Crippen MR) is 70.4 cm³/mol. The van der Waals surface area contributed by atoms with Crippen molar-refractivity contribution in [3.63, 3.8) is 0 Å². The average molecular weight is 315 g/mol. The topological polar surface area (TPSA) is 46.2 Å². The molecule has 1 N–H and O–H groups in total. The van der Waals surface area contributed by atoms with Gasteiger partial charge in [0.15, 0.2) is 5.78 Å². The van der Waals surface area contributed by atoms with E-state index in [4.69, 9.17) is 46.4 Å². The first-order valence-electron chi connectivity index (χ1n) is 4.40. The number of nitrogens with one attached hydrogen (secondary N) is 1. The molecule has 17 heavy (non-hydrogen) atoms. The highest BCUT2D eigenvalue weighted by Crippen LogP contribution is 2.29. The summed E-state index contributed by atoms with van der Waals surface area (Å²) < 4.78 is -2.09. The molecule has 0 bridgehead atoms. The molecule has 7 heteroatoms. The van der Waals surface area contributed by atoms with Crippen LogP contribution < -0.4 is 5.32 Å². The van der Waals surface area contributed by atoms with Crippen LogP contribution in [0.3, 0.4) is 0 Å². The summed E-state index contributed by atoms with van der Waals surface area (Å²) in [6.45, 7) is 1.34. The van der Waals surface area contributed by atoms with Gasteiger partial charge in [-0.2, -0.15) is 0 Å². The van der Waals surface area contributed by atoms with E-state index < -0.39 is 9.70 Å². The van der Waals surface area contributed by atoms with Crippen LogP contribution in [0.2, 0.25) is 5.02 Å². The highest BCUT2D eigenvalue weighted by molar-refractivity contribution is 6.76. The molecule has 1 rings (SSSR count). The van der Waals surface area contributed by atoms with Gasteiger partial charge in [0.25, 0.3) is 9.70 Å². The normalized spacial score (nSPS) is 11.1. The van der Waals surface area contributed by atoms with E-state index in [1.54, 1.807) is 0 Å². The molecule has 1 amide bonds. The van der Waals surface area contributed by atoms with Crippen LogP contribution in [0, 0.1) is 0 Å². The maximum atomic E-state index is 11.4. The number of benzene rings is 1. The van der Waals surface area contributed by atoms with Crippen LogP contribution in [-0.2, 0) is 4.79 Å². The Bertz CT molecular complexity index is 468. The molecule has 0 radical (unpaired) electrons. The molecule has 0 aliphatic carbocycles. The van der Waals surface area contributed by atoms with Crippen LogP contribution in [0.1, 0.15) is 17.3 Å². The number of rotatable bonds is 2. The zero-order valence-electron chi connectivity index (χ0n) is 8.56. The molecule has 0 fully saturated rings. The van der Waals surface area contributed by atoms with Crippen molar-refractivity contribution in [1.29, 1.82) is 0 Å². The number of carbonyl (C=O) groups is 2. The fourth-order valence-corrected chi connectivity index (χ4v) is 1.42. The lowest BCUT2D eigenvalue weighted by atomic mass is 10.1. The SMILES string of the molecule is CC(=O)c1cc(Cl)ccc1NC(=O)C(Cl)(Cl)Cl. The number of anilines is 1. The van der Waals surface area contributed by atoms with Crippen molar-refractivity contribution >= 4 is 63.8 Å². The maximum absolute atomic E-state index is 11.4. The Morgan fingerprint density at radius 2 is 1.82 bits per heavy atom. The van der Waals surface area contributed by atoms with Crippen LogP contribution in [-0.4, -0.2) is 15.5 Å². The molecular formula is C10H7Cl4NO2. The number of hydrogen-bond donors (Lipinski definition) is 1. The minimum atomic E-state index is -2.09. The fourth-order valence-electron chi connectivity index (χ4n) is 1.11. The number of Topliss-reactive ketones (excluding diaryl/α,β-unsaturated/α-hetero) is 1. The lowest BCUT2D eigenvalue weighted by Crippen LogP contribution is -2.27. The highest BCUT2D eigenvalue weighted by atomic mass is 35.6. The molecule has 1 aromatic rings. The Labute approximate surface area is 118 Å². The zero-order valence-corrected chi connectivity index (χ0v) is 11.6. The number of hydrogen-bond acceptors (Lipinski definition) is 2. The molecule has 0 saturated carbocycles. The van der Waals surface area contributed by atoms with Crippen molar-refractivity contribution in [2.45, 2.75) is 10.7 Å². The zero-order chi connectivity index (χ0) is 13.2. The van der Waals surface area contributed by atoms with E-state index in [1.807, 2.05) is 0 Å². The molecule has 0 aliphatic heterocycles. The molecule has 0 unspecified atom stereocenters. The number of amides is 1. The van der Waals surface area contributed by atoms with Gasteiger partial charge in [0, 0.05) is 10.6 Å². The summed E-state index contributed by atoms with van der Waals surface area (Å²) in [7, 11) is 0.